The van der Waals surface area contributed by atoms with Gasteiger partial charge in [0.05, 0.1) is 4.90 Å². The molecule has 2 aromatic rings. The Hall–Kier alpha value is -1.89. The number of sulfonamides is 1. The van der Waals surface area contributed by atoms with Crippen LogP contribution in [0.25, 0.3) is 0 Å². The van der Waals surface area contributed by atoms with Gasteiger partial charge in [0.2, 0.25) is 15.9 Å². The smallest absolute Gasteiger partial charge is 0.243 e. The quantitative estimate of drug-likeness (QED) is 0.745. The molecule has 7 heteroatoms. The van der Waals surface area contributed by atoms with E-state index in [4.69, 9.17) is 11.6 Å². The Morgan fingerprint density at radius 3 is 2.32 bits per heavy atom. The number of amides is 1. The van der Waals surface area contributed by atoms with Crippen molar-refractivity contribution in [2.45, 2.75) is 30.6 Å². The van der Waals surface area contributed by atoms with Gasteiger partial charge in [-0.05, 0) is 55.0 Å². The van der Waals surface area contributed by atoms with Gasteiger partial charge < -0.3 is 5.32 Å². The second-order valence-corrected chi connectivity index (χ2v) is 9.47. The number of carbonyl (C=O) groups excluding carboxylic acids is 1. The Balaban J connectivity index is 1.41. The molecule has 28 heavy (non-hydrogen) atoms. The summed E-state index contributed by atoms with van der Waals surface area (Å²) in [5, 5.41) is 3.66. The van der Waals surface area contributed by atoms with Crippen LogP contribution in [0.2, 0.25) is 5.02 Å². The summed E-state index contributed by atoms with van der Waals surface area (Å²) in [6.45, 7) is 1.50. The average molecular weight is 421 g/mol. The largest absolute Gasteiger partial charge is 0.356 e. The summed E-state index contributed by atoms with van der Waals surface area (Å²) < 4.78 is 26.8. The Morgan fingerprint density at radius 1 is 1.04 bits per heavy atom. The lowest BCUT2D eigenvalue weighted by atomic mass is 9.94. The molecular weight excluding hydrogens is 396 g/mol. The first-order valence-corrected chi connectivity index (χ1v) is 11.3. The van der Waals surface area contributed by atoms with E-state index in [2.05, 4.69) is 5.32 Å². The normalized spacial score (nSPS) is 16.0. The SMILES string of the molecule is O=C(CC1CCN(S(=O)(=O)c2ccccc2)CC1)NCCc1ccc(Cl)cc1. The van der Waals surface area contributed by atoms with Crippen molar-refractivity contribution in [3.63, 3.8) is 0 Å². The van der Waals surface area contributed by atoms with Crippen LogP contribution in [0.4, 0.5) is 0 Å². The lowest BCUT2D eigenvalue weighted by Crippen LogP contribution is -2.39. The predicted molar refractivity (Wildman–Crippen MR) is 111 cm³/mol. The van der Waals surface area contributed by atoms with Gasteiger partial charge >= 0.3 is 0 Å². The van der Waals surface area contributed by atoms with E-state index in [0.717, 1.165) is 12.0 Å². The number of carbonyl (C=O) groups is 1. The molecule has 5 nitrogen and oxygen atoms in total. The highest BCUT2D eigenvalue weighted by Crippen LogP contribution is 2.25. The molecule has 1 fully saturated rings. The van der Waals surface area contributed by atoms with Crippen molar-refractivity contribution in [1.82, 2.24) is 9.62 Å². The van der Waals surface area contributed by atoms with Crippen LogP contribution in [0, 0.1) is 5.92 Å². The van der Waals surface area contributed by atoms with E-state index < -0.39 is 10.0 Å². The minimum absolute atomic E-state index is 0.0262. The molecule has 0 radical (unpaired) electrons. The molecule has 1 heterocycles. The van der Waals surface area contributed by atoms with Gasteiger partial charge in [0, 0.05) is 31.1 Å². The second kappa shape index (κ2) is 9.54. The number of nitrogens with one attached hydrogen (secondary N) is 1. The maximum atomic E-state index is 12.7. The van der Waals surface area contributed by atoms with Crippen LogP contribution < -0.4 is 5.32 Å². The van der Waals surface area contributed by atoms with E-state index in [1.54, 1.807) is 30.3 Å². The standard InChI is InChI=1S/C21H25ClN2O3S/c22-19-8-6-17(7-9-19)10-13-23-21(25)16-18-11-14-24(15-12-18)28(26,27)20-4-2-1-3-5-20/h1-9,18H,10-16H2,(H,23,25). The van der Waals surface area contributed by atoms with Crippen LogP contribution in [0.5, 0.6) is 0 Å². The lowest BCUT2D eigenvalue weighted by molar-refractivity contribution is -0.122. The zero-order valence-electron chi connectivity index (χ0n) is 15.7. The number of hydrogen-bond donors (Lipinski definition) is 1. The van der Waals surface area contributed by atoms with Crippen molar-refractivity contribution in [3.05, 3.63) is 65.2 Å². The minimum Gasteiger partial charge on any atom is -0.356 e. The number of benzene rings is 2. The molecule has 1 amide bonds. The van der Waals surface area contributed by atoms with Crippen molar-refractivity contribution in [1.29, 1.82) is 0 Å². The van der Waals surface area contributed by atoms with Gasteiger partial charge in [-0.1, -0.05) is 41.9 Å². The summed E-state index contributed by atoms with van der Waals surface area (Å²) in [6.07, 6.45) is 2.61. The van der Waals surface area contributed by atoms with Crippen molar-refractivity contribution in [3.8, 4) is 0 Å². The fraction of sp³-hybridized carbons (Fsp3) is 0.381. The third-order valence-electron chi connectivity index (χ3n) is 5.08. The number of piperidine rings is 1. The van der Waals surface area contributed by atoms with E-state index in [1.807, 2.05) is 24.3 Å². The first kappa shape index (κ1) is 20.8. The molecule has 0 spiro atoms. The van der Waals surface area contributed by atoms with E-state index in [-0.39, 0.29) is 11.8 Å². The lowest BCUT2D eigenvalue weighted by Gasteiger charge is -2.31. The molecule has 150 valence electrons. The molecule has 1 saturated heterocycles. The van der Waals surface area contributed by atoms with Crippen molar-refractivity contribution < 1.29 is 13.2 Å². The van der Waals surface area contributed by atoms with Crippen LogP contribution in [-0.4, -0.2) is 38.3 Å². The highest BCUT2D eigenvalue weighted by Gasteiger charge is 2.29. The maximum absolute atomic E-state index is 12.7. The van der Waals surface area contributed by atoms with E-state index >= 15 is 0 Å². The van der Waals surface area contributed by atoms with E-state index in [1.165, 1.54) is 4.31 Å². The fourth-order valence-corrected chi connectivity index (χ4v) is 5.04. The minimum atomic E-state index is -3.44. The number of rotatable bonds is 7. The molecule has 0 aliphatic carbocycles. The van der Waals surface area contributed by atoms with Gasteiger partial charge in [0.1, 0.15) is 0 Å². The summed E-state index contributed by atoms with van der Waals surface area (Å²) >= 11 is 5.87. The van der Waals surface area contributed by atoms with Crippen LogP contribution in [-0.2, 0) is 21.2 Å². The Labute approximate surface area is 171 Å². The van der Waals surface area contributed by atoms with E-state index in [0.29, 0.717) is 48.8 Å². The maximum Gasteiger partial charge on any atom is 0.243 e. The third kappa shape index (κ3) is 5.56. The number of nitrogens with zero attached hydrogens (tertiary/aromatic N) is 1. The summed E-state index contributed by atoms with van der Waals surface area (Å²) in [7, 11) is -3.44. The van der Waals surface area contributed by atoms with Gasteiger partial charge in [0.15, 0.2) is 0 Å². The molecular formula is C21H25ClN2O3S. The van der Waals surface area contributed by atoms with Gasteiger partial charge in [-0.15, -0.1) is 0 Å². The van der Waals surface area contributed by atoms with Gasteiger partial charge in [-0.3, -0.25) is 4.79 Å². The highest BCUT2D eigenvalue weighted by atomic mass is 35.5. The molecule has 0 aromatic heterocycles. The monoisotopic (exact) mass is 420 g/mol. The van der Waals surface area contributed by atoms with Crippen LogP contribution >= 0.6 is 11.6 Å². The van der Waals surface area contributed by atoms with Crippen LogP contribution in [0.3, 0.4) is 0 Å². The highest BCUT2D eigenvalue weighted by molar-refractivity contribution is 7.89. The Kier molecular flexibility index (Phi) is 7.10. The average Bonchev–Trinajstić information content (AvgIpc) is 2.70. The first-order valence-electron chi connectivity index (χ1n) is 9.51. The van der Waals surface area contributed by atoms with Crippen LogP contribution in [0.15, 0.2) is 59.5 Å². The number of halogens is 1. The summed E-state index contributed by atoms with van der Waals surface area (Å²) in [5.41, 5.74) is 1.13. The fourth-order valence-electron chi connectivity index (χ4n) is 3.43. The predicted octanol–water partition coefficient (Wildman–Crippen LogP) is 3.49. The van der Waals surface area contributed by atoms with Gasteiger partial charge in [-0.2, -0.15) is 4.31 Å². The Bertz CT molecular complexity index is 878. The molecule has 0 saturated carbocycles. The molecule has 2 aromatic carbocycles. The summed E-state index contributed by atoms with van der Waals surface area (Å²) in [4.78, 5) is 12.5. The number of hydrogen-bond acceptors (Lipinski definition) is 3. The molecule has 3 rings (SSSR count). The molecule has 0 unspecified atom stereocenters. The summed E-state index contributed by atoms with van der Waals surface area (Å²) in [6, 6.07) is 16.1. The molecule has 0 atom stereocenters. The third-order valence-corrected chi connectivity index (χ3v) is 7.24. The first-order chi connectivity index (χ1) is 13.4. The Morgan fingerprint density at radius 2 is 1.68 bits per heavy atom. The van der Waals surface area contributed by atoms with Crippen molar-refractivity contribution in [2.75, 3.05) is 19.6 Å². The zero-order chi connectivity index (χ0) is 20.0. The van der Waals surface area contributed by atoms with Crippen molar-refractivity contribution in [2.24, 2.45) is 5.92 Å². The molecule has 1 aliphatic heterocycles. The van der Waals surface area contributed by atoms with Gasteiger partial charge in [0.25, 0.3) is 0 Å². The van der Waals surface area contributed by atoms with Gasteiger partial charge in [-0.25, -0.2) is 8.42 Å². The molecule has 1 aliphatic rings. The molecule has 1 N–H and O–H groups in total. The van der Waals surface area contributed by atoms with Crippen molar-refractivity contribution >= 4 is 27.5 Å². The summed E-state index contributed by atoms with van der Waals surface area (Å²) in [5.74, 6) is 0.246. The van der Waals surface area contributed by atoms with E-state index in [9.17, 15) is 13.2 Å². The topological polar surface area (TPSA) is 66.5 Å². The van der Waals surface area contributed by atoms with Crippen LogP contribution in [0.1, 0.15) is 24.8 Å². The second-order valence-electron chi connectivity index (χ2n) is 7.09. The molecule has 0 bridgehead atoms. The zero-order valence-corrected chi connectivity index (χ0v) is 17.3.